The van der Waals surface area contributed by atoms with E-state index in [1.807, 2.05) is 24.3 Å². The highest BCUT2D eigenvalue weighted by atomic mass is 79.9. The number of rotatable bonds is 5. The van der Waals surface area contributed by atoms with Crippen molar-refractivity contribution in [2.75, 3.05) is 10.7 Å². The van der Waals surface area contributed by atoms with E-state index in [1.54, 1.807) is 0 Å². The van der Waals surface area contributed by atoms with Crippen LogP contribution < -0.4 is 0 Å². The van der Waals surface area contributed by atoms with Crippen molar-refractivity contribution in [1.82, 2.24) is 0 Å². The third-order valence-electron chi connectivity index (χ3n) is 3.50. The molecule has 0 aliphatic heterocycles. The first-order valence-electron chi connectivity index (χ1n) is 6.33. The molecule has 0 aliphatic rings. The van der Waals surface area contributed by atoms with Gasteiger partial charge in [0.05, 0.1) is 0 Å². The lowest BCUT2D eigenvalue weighted by atomic mass is 9.79. The van der Waals surface area contributed by atoms with Crippen molar-refractivity contribution in [2.45, 2.75) is 11.8 Å². The molecule has 0 heterocycles. The molecule has 21 heavy (non-hydrogen) atoms. The van der Waals surface area contributed by atoms with E-state index in [1.165, 1.54) is 12.1 Å². The van der Waals surface area contributed by atoms with Gasteiger partial charge in [0, 0.05) is 27.2 Å². The van der Waals surface area contributed by atoms with E-state index in [9.17, 15) is 8.78 Å². The third-order valence-corrected chi connectivity index (χ3v) is 5.98. The normalized spacial score (nSPS) is 11.7. The molecule has 0 fully saturated rings. The van der Waals surface area contributed by atoms with E-state index in [-0.39, 0.29) is 0 Å². The van der Waals surface area contributed by atoms with Crippen LogP contribution >= 0.6 is 43.5 Å². The summed E-state index contributed by atoms with van der Waals surface area (Å²) >= 11 is 13.3. The standard InChI is InChI=1S/C16H13Br2ClF2/c17-9-16(10-18,13-3-1-2-4-14(13)19)8-11-5-6-12(20)7-15(11)21/h1-7H,8-10H2. The van der Waals surface area contributed by atoms with Crippen molar-refractivity contribution in [1.29, 1.82) is 0 Å². The SMILES string of the molecule is Fc1ccc(CC(CBr)(CBr)c2ccccc2Cl)c(F)c1. The van der Waals surface area contributed by atoms with Crippen LogP contribution in [0, 0.1) is 11.6 Å². The highest BCUT2D eigenvalue weighted by Gasteiger charge is 2.33. The fraction of sp³-hybridized carbons (Fsp3) is 0.250. The maximum absolute atomic E-state index is 14.0. The van der Waals surface area contributed by atoms with Crippen LogP contribution in [0.2, 0.25) is 5.02 Å². The number of benzene rings is 2. The van der Waals surface area contributed by atoms with Gasteiger partial charge in [-0.25, -0.2) is 8.78 Å². The highest BCUT2D eigenvalue weighted by Crippen LogP contribution is 2.37. The Morgan fingerprint density at radius 3 is 2.24 bits per heavy atom. The van der Waals surface area contributed by atoms with Gasteiger partial charge in [0.2, 0.25) is 0 Å². The molecule has 0 radical (unpaired) electrons. The fourth-order valence-electron chi connectivity index (χ4n) is 2.29. The molecule has 2 rings (SSSR count). The van der Waals surface area contributed by atoms with Crippen molar-refractivity contribution in [2.24, 2.45) is 0 Å². The molecule has 0 amide bonds. The van der Waals surface area contributed by atoms with Gasteiger partial charge in [0.15, 0.2) is 0 Å². The molecule has 0 N–H and O–H groups in total. The van der Waals surface area contributed by atoms with Crippen LogP contribution in [0.5, 0.6) is 0 Å². The summed E-state index contributed by atoms with van der Waals surface area (Å²) in [6, 6.07) is 11.2. The van der Waals surface area contributed by atoms with Crippen molar-refractivity contribution in [3.05, 3.63) is 70.2 Å². The Labute approximate surface area is 144 Å². The van der Waals surface area contributed by atoms with Crippen LogP contribution in [-0.4, -0.2) is 10.7 Å². The first-order valence-corrected chi connectivity index (χ1v) is 8.95. The molecular weight excluding hydrogens is 425 g/mol. The lowest BCUT2D eigenvalue weighted by Gasteiger charge is -2.32. The first kappa shape index (κ1) is 16.9. The smallest absolute Gasteiger partial charge is 0.129 e. The van der Waals surface area contributed by atoms with Crippen molar-refractivity contribution in [3.8, 4) is 0 Å². The number of halogens is 5. The van der Waals surface area contributed by atoms with Crippen LogP contribution in [-0.2, 0) is 11.8 Å². The van der Waals surface area contributed by atoms with Gasteiger partial charge in [0.1, 0.15) is 11.6 Å². The second kappa shape index (κ2) is 7.21. The lowest BCUT2D eigenvalue weighted by molar-refractivity contribution is 0.515. The maximum atomic E-state index is 14.0. The van der Waals surface area contributed by atoms with Gasteiger partial charge in [-0.1, -0.05) is 67.7 Å². The Hall–Kier alpha value is -0.450. The minimum absolute atomic E-state index is 0.406. The molecule has 0 bridgehead atoms. The Kier molecular flexibility index (Phi) is 5.81. The zero-order valence-electron chi connectivity index (χ0n) is 11.1. The summed E-state index contributed by atoms with van der Waals surface area (Å²) in [6.45, 7) is 0. The summed E-state index contributed by atoms with van der Waals surface area (Å²) in [5.41, 5.74) is 0.996. The molecule has 2 aromatic rings. The van der Waals surface area contributed by atoms with Crippen LogP contribution in [0.4, 0.5) is 8.78 Å². The second-order valence-electron chi connectivity index (χ2n) is 4.94. The van der Waals surface area contributed by atoms with Gasteiger partial charge in [-0.15, -0.1) is 0 Å². The van der Waals surface area contributed by atoms with Crippen LogP contribution in [0.25, 0.3) is 0 Å². The molecule has 5 heteroatoms. The monoisotopic (exact) mass is 436 g/mol. The van der Waals surface area contributed by atoms with Crippen molar-refractivity contribution in [3.63, 3.8) is 0 Å². The molecule has 0 aromatic heterocycles. The lowest BCUT2D eigenvalue weighted by Crippen LogP contribution is -2.33. The van der Waals surface area contributed by atoms with Crippen LogP contribution in [0.15, 0.2) is 42.5 Å². The largest absolute Gasteiger partial charge is 0.207 e. The molecule has 0 spiro atoms. The molecule has 0 saturated carbocycles. The minimum atomic E-state index is -0.572. The summed E-state index contributed by atoms with van der Waals surface area (Å²) in [5.74, 6) is -1.11. The molecule has 0 saturated heterocycles. The Bertz CT molecular complexity index is 627. The Morgan fingerprint density at radius 2 is 1.67 bits per heavy atom. The predicted octanol–water partition coefficient (Wildman–Crippen LogP) is 5.89. The Balaban J connectivity index is 2.46. The topological polar surface area (TPSA) is 0 Å². The third kappa shape index (κ3) is 3.66. The zero-order valence-corrected chi connectivity index (χ0v) is 15.0. The number of hydrogen-bond donors (Lipinski definition) is 0. The summed E-state index contributed by atoms with van der Waals surface area (Å²) in [5, 5.41) is 1.84. The van der Waals surface area contributed by atoms with Crippen molar-refractivity contribution >= 4 is 43.5 Å². The van der Waals surface area contributed by atoms with E-state index >= 15 is 0 Å². The summed E-state index contributed by atoms with van der Waals surface area (Å²) in [7, 11) is 0. The van der Waals surface area contributed by atoms with Crippen LogP contribution in [0.1, 0.15) is 11.1 Å². The number of alkyl halides is 2. The summed E-state index contributed by atoms with van der Waals surface area (Å²) < 4.78 is 27.0. The molecular formula is C16H13Br2ClF2. The average molecular weight is 439 g/mol. The molecule has 2 aromatic carbocycles. The predicted molar refractivity (Wildman–Crippen MR) is 90.8 cm³/mol. The van der Waals surface area contributed by atoms with Gasteiger partial charge in [0.25, 0.3) is 0 Å². The minimum Gasteiger partial charge on any atom is -0.207 e. The van der Waals surface area contributed by atoms with Gasteiger partial charge >= 0.3 is 0 Å². The summed E-state index contributed by atoms with van der Waals surface area (Å²) in [6.07, 6.45) is 0.416. The van der Waals surface area contributed by atoms with E-state index in [0.717, 1.165) is 11.6 Å². The number of hydrogen-bond acceptors (Lipinski definition) is 0. The quantitative estimate of drug-likeness (QED) is 0.511. The van der Waals surface area contributed by atoms with E-state index < -0.39 is 17.0 Å². The molecule has 0 aliphatic carbocycles. The van der Waals surface area contributed by atoms with Gasteiger partial charge in [-0.05, 0) is 29.7 Å². The average Bonchev–Trinajstić information content (AvgIpc) is 2.48. The van der Waals surface area contributed by atoms with E-state index in [2.05, 4.69) is 31.9 Å². The first-order chi connectivity index (χ1) is 10.0. The molecule has 0 unspecified atom stereocenters. The van der Waals surface area contributed by atoms with E-state index in [0.29, 0.717) is 27.7 Å². The van der Waals surface area contributed by atoms with Gasteiger partial charge in [-0.3, -0.25) is 0 Å². The zero-order chi connectivity index (χ0) is 15.5. The van der Waals surface area contributed by atoms with Gasteiger partial charge < -0.3 is 0 Å². The summed E-state index contributed by atoms with van der Waals surface area (Å²) in [4.78, 5) is 0. The highest BCUT2D eigenvalue weighted by molar-refractivity contribution is 9.09. The Morgan fingerprint density at radius 1 is 1.00 bits per heavy atom. The maximum Gasteiger partial charge on any atom is 0.129 e. The van der Waals surface area contributed by atoms with E-state index in [4.69, 9.17) is 11.6 Å². The fourth-order valence-corrected chi connectivity index (χ4v) is 4.56. The molecule has 0 nitrogen and oxygen atoms in total. The molecule has 0 atom stereocenters. The molecule has 112 valence electrons. The van der Waals surface area contributed by atoms with Gasteiger partial charge in [-0.2, -0.15) is 0 Å². The van der Waals surface area contributed by atoms with Crippen molar-refractivity contribution < 1.29 is 8.78 Å². The van der Waals surface area contributed by atoms with Crippen LogP contribution in [0.3, 0.4) is 0 Å². The second-order valence-corrected chi connectivity index (χ2v) is 6.47.